The number of hydrogen-bond donors (Lipinski definition) is 2. The summed E-state index contributed by atoms with van der Waals surface area (Å²) in [5, 5.41) is 5.34. The first-order valence-corrected chi connectivity index (χ1v) is 15.0. The van der Waals surface area contributed by atoms with Gasteiger partial charge >= 0.3 is 6.09 Å². The molecule has 0 saturated heterocycles. The number of nitrogens with zero attached hydrogens (tertiary/aromatic N) is 2. The van der Waals surface area contributed by atoms with Gasteiger partial charge in [0.05, 0.1) is 17.6 Å². The van der Waals surface area contributed by atoms with Crippen LogP contribution in [0.4, 0.5) is 9.80 Å². The van der Waals surface area contributed by atoms with Crippen LogP contribution < -0.4 is 10.6 Å². The molecule has 3 amide bonds. The maximum atomic E-state index is 13.1. The van der Waals surface area contributed by atoms with E-state index in [1.54, 1.807) is 6.92 Å². The lowest BCUT2D eigenvalue weighted by atomic mass is 10.0. The zero-order valence-electron chi connectivity index (χ0n) is 22.5. The Balaban J connectivity index is 1.87. The summed E-state index contributed by atoms with van der Waals surface area (Å²) in [6.45, 7) is 10.2. The highest BCUT2D eigenvalue weighted by atomic mass is 32.2. The first kappa shape index (κ1) is 29.8. The van der Waals surface area contributed by atoms with Gasteiger partial charge in [-0.25, -0.2) is 13.2 Å². The van der Waals surface area contributed by atoms with Crippen molar-refractivity contribution in [3.63, 3.8) is 0 Å². The van der Waals surface area contributed by atoms with Gasteiger partial charge in [-0.05, 0) is 56.5 Å². The Hall–Kier alpha value is -2.80. The third kappa shape index (κ3) is 6.60. The Morgan fingerprint density at radius 2 is 1.82 bits per heavy atom. The number of sulfonamides is 1. The molecule has 1 aromatic heterocycles. The van der Waals surface area contributed by atoms with Crippen molar-refractivity contribution < 1.29 is 27.5 Å². The Morgan fingerprint density at radius 1 is 1.13 bits per heavy atom. The van der Waals surface area contributed by atoms with Crippen LogP contribution in [0, 0.1) is 0 Å². The maximum absolute atomic E-state index is 13.1. The first-order chi connectivity index (χ1) is 18.0. The minimum atomic E-state index is -3.67. The number of ether oxygens (including phenoxy) is 1. The normalized spacial score (nSPS) is 13.9. The predicted molar refractivity (Wildman–Crippen MR) is 147 cm³/mol. The number of hydrogen-bond acceptors (Lipinski definition) is 8. The molecule has 12 heteroatoms. The highest BCUT2D eigenvalue weighted by Crippen LogP contribution is 2.38. The van der Waals surface area contributed by atoms with Gasteiger partial charge in [0, 0.05) is 42.7 Å². The van der Waals surface area contributed by atoms with Crippen LogP contribution in [0.25, 0.3) is 0 Å². The fourth-order valence-electron chi connectivity index (χ4n) is 4.28. The topological polar surface area (TPSA) is 125 Å². The lowest BCUT2D eigenvalue weighted by Crippen LogP contribution is -2.36. The third-order valence-electron chi connectivity index (χ3n) is 6.54. The number of carbonyl (C=O) groups is 3. The van der Waals surface area contributed by atoms with Crippen molar-refractivity contribution in [2.75, 3.05) is 32.1 Å². The molecular formula is C26H36N4O6S2. The highest BCUT2D eigenvalue weighted by Gasteiger charge is 2.30. The van der Waals surface area contributed by atoms with Gasteiger partial charge in [0.25, 0.3) is 11.8 Å². The fraction of sp³-hybridized carbons (Fsp3) is 0.500. The van der Waals surface area contributed by atoms with E-state index in [0.29, 0.717) is 37.1 Å². The summed E-state index contributed by atoms with van der Waals surface area (Å²) >= 11 is 1.30. The number of unbranched alkanes of at least 4 members (excludes halogenated alkanes) is 1. The summed E-state index contributed by atoms with van der Waals surface area (Å²) in [4.78, 5) is 41.2. The highest BCUT2D eigenvalue weighted by molar-refractivity contribution is 7.89. The van der Waals surface area contributed by atoms with Gasteiger partial charge in [0.2, 0.25) is 10.0 Å². The Bertz CT molecular complexity index is 1270. The number of alkyl carbamates (subject to hydrolysis) is 1. The van der Waals surface area contributed by atoms with Crippen molar-refractivity contribution in [1.29, 1.82) is 0 Å². The summed E-state index contributed by atoms with van der Waals surface area (Å²) in [7, 11) is -2.50. The summed E-state index contributed by atoms with van der Waals surface area (Å²) in [5.74, 6) is -1.13. The minimum Gasteiger partial charge on any atom is -0.453 e. The molecule has 0 bridgehead atoms. The van der Waals surface area contributed by atoms with Crippen molar-refractivity contribution in [2.45, 2.75) is 64.4 Å². The minimum absolute atomic E-state index is 0.116. The molecule has 0 radical (unpaired) electrons. The molecule has 0 saturated carbocycles. The second-order valence-electron chi connectivity index (χ2n) is 9.30. The Morgan fingerprint density at radius 3 is 2.39 bits per heavy atom. The van der Waals surface area contributed by atoms with E-state index in [1.165, 1.54) is 47.0 Å². The van der Waals surface area contributed by atoms with E-state index in [-0.39, 0.29) is 16.0 Å². The average Bonchev–Trinajstić information content (AvgIpc) is 3.25. The van der Waals surface area contributed by atoms with Crippen LogP contribution in [-0.2, 0) is 27.7 Å². The van der Waals surface area contributed by atoms with Crippen LogP contribution in [-0.4, -0.2) is 68.3 Å². The molecule has 2 aromatic rings. The Kier molecular flexibility index (Phi) is 10.0. The molecule has 208 valence electrons. The molecule has 0 aliphatic carbocycles. The number of benzene rings is 1. The number of amides is 3. The first-order valence-electron chi connectivity index (χ1n) is 12.7. The van der Waals surface area contributed by atoms with Gasteiger partial charge in [0.1, 0.15) is 5.00 Å². The van der Waals surface area contributed by atoms with E-state index >= 15 is 0 Å². The van der Waals surface area contributed by atoms with Gasteiger partial charge < -0.3 is 10.1 Å². The number of imide groups is 1. The van der Waals surface area contributed by atoms with Gasteiger partial charge in [-0.2, -0.15) is 4.31 Å². The Labute approximate surface area is 228 Å². The summed E-state index contributed by atoms with van der Waals surface area (Å²) in [5.41, 5.74) is 1.30. The lowest BCUT2D eigenvalue weighted by Gasteiger charge is -2.30. The number of fused-ring (bicyclic) bond motifs is 1. The standard InChI is InChI=1S/C26H36N4O6S2/c1-6-8-14-30(7-2)38(34,35)19-11-9-18(10-12-19)23(31)27-25-22(24(32)28-26(33)36-5)20-13-15-29(17(3)4)16-21(20)37-25/h9-12,17H,6-8,13-16H2,1-5H3,(H,27,31)(H,28,32,33). The van der Waals surface area contributed by atoms with Gasteiger partial charge in [-0.1, -0.05) is 20.3 Å². The van der Waals surface area contributed by atoms with E-state index < -0.39 is 27.9 Å². The van der Waals surface area contributed by atoms with E-state index in [9.17, 15) is 22.8 Å². The predicted octanol–water partition coefficient (Wildman–Crippen LogP) is 4.07. The molecule has 0 unspecified atom stereocenters. The van der Waals surface area contributed by atoms with Crippen LogP contribution in [0.1, 0.15) is 71.7 Å². The van der Waals surface area contributed by atoms with Crippen molar-refractivity contribution in [3.8, 4) is 0 Å². The molecule has 3 rings (SSSR count). The smallest absolute Gasteiger partial charge is 0.413 e. The number of anilines is 1. The molecule has 0 fully saturated rings. The van der Waals surface area contributed by atoms with Gasteiger partial charge in [0.15, 0.2) is 0 Å². The van der Waals surface area contributed by atoms with Crippen LogP contribution in [0.5, 0.6) is 0 Å². The van der Waals surface area contributed by atoms with Gasteiger partial charge in [-0.15, -0.1) is 11.3 Å². The van der Waals surface area contributed by atoms with E-state index in [0.717, 1.165) is 29.8 Å². The SMILES string of the molecule is CCCCN(CC)S(=O)(=O)c1ccc(C(=O)Nc2sc3c(c2C(=O)NC(=O)OC)CCN(C(C)C)C3)cc1. The molecule has 2 N–H and O–H groups in total. The third-order valence-corrected chi connectivity index (χ3v) is 9.66. The molecule has 2 heterocycles. The number of nitrogens with one attached hydrogen (secondary N) is 2. The molecule has 1 aliphatic heterocycles. The monoisotopic (exact) mass is 564 g/mol. The van der Waals surface area contributed by atoms with Crippen LogP contribution in [0.15, 0.2) is 29.2 Å². The van der Waals surface area contributed by atoms with Crippen molar-refractivity contribution >= 4 is 44.3 Å². The van der Waals surface area contributed by atoms with E-state index in [1.807, 2.05) is 6.92 Å². The number of methoxy groups -OCH3 is 1. The molecule has 1 aliphatic rings. The number of thiophene rings is 1. The van der Waals surface area contributed by atoms with Crippen molar-refractivity contribution in [2.24, 2.45) is 0 Å². The van der Waals surface area contributed by atoms with Crippen LogP contribution >= 0.6 is 11.3 Å². The molecule has 38 heavy (non-hydrogen) atoms. The van der Waals surface area contributed by atoms with E-state index in [4.69, 9.17) is 0 Å². The second-order valence-corrected chi connectivity index (χ2v) is 12.3. The number of carbonyl (C=O) groups excluding carboxylic acids is 3. The molecular weight excluding hydrogens is 528 g/mol. The van der Waals surface area contributed by atoms with E-state index in [2.05, 4.69) is 34.1 Å². The second kappa shape index (κ2) is 12.8. The summed E-state index contributed by atoms with van der Waals surface area (Å²) in [6.07, 6.45) is 1.36. The molecule has 0 atom stereocenters. The quantitative estimate of drug-likeness (QED) is 0.446. The largest absolute Gasteiger partial charge is 0.453 e. The fourth-order valence-corrected chi connectivity index (χ4v) is 7.04. The number of rotatable bonds is 10. The zero-order chi connectivity index (χ0) is 28.0. The summed E-state index contributed by atoms with van der Waals surface area (Å²) in [6, 6.07) is 6.07. The lowest BCUT2D eigenvalue weighted by molar-refractivity contribution is 0.0936. The molecule has 0 spiro atoms. The summed E-state index contributed by atoms with van der Waals surface area (Å²) < 4.78 is 32.0. The van der Waals surface area contributed by atoms with Crippen LogP contribution in [0.3, 0.4) is 0 Å². The maximum Gasteiger partial charge on any atom is 0.413 e. The van der Waals surface area contributed by atoms with Crippen LogP contribution in [0.2, 0.25) is 0 Å². The molecule has 1 aromatic carbocycles. The van der Waals surface area contributed by atoms with Crippen molar-refractivity contribution in [1.82, 2.24) is 14.5 Å². The molecule has 10 nitrogen and oxygen atoms in total. The zero-order valence-corrected chi connectivity index (χ0v) is 24.1. The average molecular weight is 565 g/mol. The van der Waals surface area contributed by atoms with Crippen molar-refractivity contribution in [3.05, 3.63) is 45.8 Å². The van der Waals surface area contributed by atoms with Gasteiger partial charge in [-0.3, -0.25) is 19.8 Å².